The van der Waals surface area contributed by atoms with Crippen molar-refractivity contribution in [1.82, 2.24) is 5.32 Å². The third-order valence-corrected chi connectivity index (χ3v) is 2.34. The Morgan fingerprint density at radius 1 is 1.33 bits per heavy atom. The molecule has 3 N–H and O–H groups in total. The summed E-state index contributed by atoms with van der Waals surface area (Å²) < 4.78 is 0. The second kappa shape index (κ2) is 4.80. The van der Waals surface area contributed by atoms with Crippen molar-refractivity contribution in [1.29, 1.82) is 0 Å². The lowest BCUT2D eigenvalue weighted by molar-refractivity contribution is 0.161. The van der Waals surface area contributed by atoms with Gasteiger partial charge in [-0.1, -0.05) is 12.8 Å². The van der Waals surface area contributed by atoms with Gasteiger partial charge in [-0.2, -0.15) is 0 Å². The van der Waals surface area contributed by atoms with E-state index in [1.165, 1.54) is 19.3 Å². The van der Waals surface area contributed by atoms with E-state index in [1.54, 1.807) is 0 Å². The van der Waals surface area contributed by atoms with Crippen LogP contribution in [0.1, 0.15) is 26.2 Å². The molecule has 0 bridgehead atoms. The van der Waals surface area contributed by atoms with Crippen LogP contribution in [0.25, 0.3) is 0 Å². The van der Waals surface area contributed by atoms with E-state index in [2.05, 4.69) is 12.2 Å². The van der Waals surface area contributed by atoms with Crippen molar-refractivity contribution < 1.29 is 10.2 Å². The van der Waals surface area contributed by atoms with Crippen LogP contribution in [0.4, 0.5) is 0 Å². The number of aliphatic hydroxyl groups is 2. The summed E-state index contributed by atoms with van der Waals surface area (Å²) in [6.45, 7) is 2.15. The summed E-state index contributed by atoms with van der Waals surface area (Å²) in [4.78, 5) is 0. The number of nitrogens with one attached hydrogen (secondary N) is 1. The maximum atomic E-state index is 8.80. The van der Waals surface area contributed by atoms with Gasteiger partial charge >= 0.3 is 0 Å². The maximum Gasteiger partial charge on any atom is 0.0607 e. The Hall–Kier alpha value is -0.120. The zero-order chi connectivity index (χ0) is 8.97. The van der Waals surface area contributed by atoms with Crippen molar-refractivity contribution in [2.45, 2.75) is 38.3 Å². The smallest absolute Gasteiger partial charge is 0.0607 e. The molecule has 12 heavy (non-hydrogen) atoms. The van der Waals surface area contributed by atoms with Crippen molar-refractivity contribution >= 4 is 0 Å². The Balaban J connectivity index is 2.09. The van der Waals surface area contributed by atoms with Crippen molar-refractivity contribution in [3.8, 4) is 0 Å². The molecule has 1 rings (SSSR count). The van der Waals surface area contributed by atoms with Gasteiger partial charge in [-0.15, -0.1) is 0 Å². The Morgan fingerprint density at radius 2 is 1.92 bits per heavy atom. The molecule has 0 aromatic rings. The van der Waals surface area contributed by atoms with Gasteiger partial charge in [0.1, 0.15) is 0 Å². The van der Waals surface area contributed by atoms with E-state index in [9.17, 15) is 0 Å². The van der Waals surface area contributed by atoms with Crippen LogP contribution >= 0.6 is 0 Å². The summed E-state index contributed by atoms with van der Waals surface area (Å²) >= 11 is 0. The summed E-state index contributed by atoms with van der Waals surface area (Å²) in [6.07, 6.45) is 3.89. The van der Waals surface area contributed by atoms with Crippen LogP contribution < -0.4 is 5.32 Å². The lowest BCUT2D eigenvalue weighted by atomic mass is 10.1. The van der Waals surface area contributed by atoms with Crippen LogP contribution in [-0.4, -0.2) is 35.5 Å². The zero-order valence-corrected chi connectivity index (χ0v) is 7.66. The van der Waals surface area contributed by atoms with Gasteiger partial charge in [0.25, 0.3) is 0 Å². The highest BCUT2D eigenvalue weighted by atomic mass is 16.3. The first kappa shape index (κ1) is 9.96. The Labute approximate surface area is 73.8 Å². The molecule has 0 radical (unpaired) electrons. The summed E-state index contributed by atoms with van der Waals surface area (Å²) in [6, 6.07) is 0.278. The third-order valence-electron chi connectivity index (χ3n) is 2.34. The fourth-order valence-electron chi connectivity index (χ4n) is 1.49. The minimum absolute atomic E-state index is 0.0194. The van der Waals surface area contributed by atoms with Crippen LogP contribution in [0, 0.1) is 5.92 Å². The largest absolute Gasteiger partial charge is 0.395 e. The monoisotopic (exact) mass is 173 g/mol. The predicted molar refractivity (Wildman–Crippen MR) is 47.9 cm³/mol. The molecule has 1 aliphatic rings. The molecule has 0 saturated heterocycles. The van der Waals surface area contributed by atoms with Gasteiger partial charge in [0.15, 0.2) is 0 Å². The standard InChI is InChI=1S/C9H19NO2/c1-7(4-8-2-3-8)10-9(5-11)6-12/h7-12H,2-6H2,1H3. The first-order valence-electron chi connectivity index (χ1n) is 4.74. The van der Waals surface area contributed by atoms with Crippen molar-refractivity contribution in [3.63, 3.8) is 0 Å². The highest BCUT2D eigenvalue weighted by molar-refractivity contribution is 4.79. The first-order valence-corrected chi connectivity index (χ1v) is 4.74. The van der Waals surface area contributed by atoms with Gasteiger partial charge in [-0.25, -0.2) is 0 Å². The summed E-state index contributed by atoms with van der Waals surface area (Å²) in [5.41, 5.74) is 0. The van der Waals surface area contributed by atoms with Crippen molar-refractivity contribution in [2.24, 2.45) is 5.92 Å². The van der Waals surface area contributed by atoms with Crippen LogP contribution in [0.2, 0.25) is 0 Å². The summed E-state index contributed by atoms with van der Waals surface area (Å²) in [5, 5.41) is 20.8. The molecule has 0 heterocycles. The Kier molecular flexibility index (Phi) is 3.98. The third kappa shape index (κ3) is 3.52. The van der Waals surface area contributed by atoms with Gasteiger partial charge in [0.2, 0.25) is 0 Å². The fraction of sp³-hybridized carbons (Fsp3) is 1.00. The predicted octanol–water partition coefficient (Wildman–Crippen LogP) is 0.118. The second-order valence-electron chi connectivity index (χ2n) is 3.81. The highest BCUT2D eigenvalue weighted by Gasteiger charge is 2.24. The molecule has 1 fully saturated rings. The van der Waals surface area contributed by atoms with Gasteiger partial charge in [0, 0.05) is 6.04 Å². The van der Waals surface area contributed by atoms with Gasteiger partial charge in [-0.3, -0.25) is 0 Å². The molecule has 3 nitrogen and oxygen atoms in total. The fourth-order valence-corrected chi connectivity index (χ4v) is 1.49. The van der Waals surface area contributed by atoms with E-state index in [1.807, 2.05) is 0 Å². The molecule has 1 atom stereocenters. The SMILES string of the molecule is CC(CC1CC1)NC(CO)CO. The van der Waals surface area contributed by atoms with Crippen molar-refractivity contribution in [2.75, 3.05) is 13.2 Å². The Bertz CT molecular complexity index is 122. The van der Waals surface area contributed by atoms with Crippen LogP contribution in [0.5, 0.6) is 0 Å². The number of rotatable bonds is 6. The van der Waals surface area contributed by atoms with Gasteiger partial charge < -0.3 is 15.5 Å². The molecular formula is C9H19NO2. The van der Waals surface area contributed by atoms with Gasteiger partial charge in [-0.05, 0) is 19.3 Å². The topological polar surface area (TPSA) is 52.5 Å². The number of hydrogen-bond acceptors (Lipinski definition) is 3. The maximum absolute atomic E-state index is 8.80. The molecule has 1 unspecified atom stereocenters. The number of aliphatic hydroxyl groups excluding tert-OH is 2. The minimum Gasteiger partial charge on any atom is -0.395 e. The average Bonchev–Trinajstić information content (AvgIpc) is 2.84. The van der Waals surface area contributed by atoms with E-state index >= 15 is 0 Å². The zero-order valence-electron chi connectivity index (χ0n) is 7.66. The molecule has 0 aromatic heterocycles. The molecule has 72 valence electrons. The molecule has 0 aliphatic heterocycles. The highest BCUT2D eigenvalue weighted by Crippen LogP contribution is 2.33. The van der Waals surface area contributed by atoms with E-state index < -0.39 is 0 Å². The quantitative estimate of drug-likeness (QED) is 0.534. The average molecular weight is 173 g/mol. The molecule has 3 heteroatoms. The molecule has 1 saturated carbocycles. The lowest BCUT2D eigenvalue weighted by Gasteiger charge is -2.19. The van der Waals surface area contributed by atoms with Crippen LogP contribution in [0.15, 0.2) is 0 Å². The van der Waals surface area contributed by atoms with E-state index in [0.29, 0.717) is 6.04 Å². The normalized spacial score (nSPS) is 20.0. The van der Waals surface area contributed by atoms with Crippen LogP contribution in [-0.2, 0) is 0 Å². The molecule has 0 spiro atoms. The summed E-state index contributed by atoms with van der Waals surface area (Å²) in [5.74, 6) is 0.894. The minimum atomic E-state index is -0.140. The molecule has 0 aromatic carbocycles. The summed E-state index contributed by atoms with van der Waals surface area (Å²) in [7, 11) is 0. The van der Waals surface area contributed by atoms with Crippen LogP contribution in [0.3, 0.4) is 0 Å². The second-order valence-corrected chi connectivity index (χ2v) is 3.81. The van der Waals surface area contributed by atoms with E-state index in [0.717, 1.165) is 5.92 Å². The Morgan fingerprint density at radius 3 is 2.33 bits per heavy atom. The number of hydrogen-bond donors (Lipinski definition) is 3. The van der Waals surface area contributed by atoms with Gasteiger partial charge in [0.05, 0.1) is 19.3 Å². The molecule has 0 amide bonds. The van der Waals surface area contributed by atoms with E-state index in [-0.39, 0.29) is 19.3 Å². The molecule has 1 aliphatic carbocycles. The van der Waals surface area contributed by atoms with E-state index in [4.69, 9.17) is 10.2 Å². The lowest BCUT2D eigenvalue weighted by Crippen LogP contribution is -2.41. The first-order chi connectivity index (χ1) is 5.76. The van der Waals surface area contributed by atoms with Crippen molar-refractivity contribution in [3.05, 3.63) is 0 Å². The molecular weight excluding hydrogens is 154 g/mol.